The van der Waals surface area contributed by atoms with Crippen LogP contribution in [0, 0.1) is 0 Å². The van der Waals surface area contributed by atoms with E-state index in [0.717, 1.165) is 46.3 Å². The number of benzene rings is 3. The second kappa shape index (κ2) is 7.95. The molecule has 29 heavy (non-hydrogen) atoms. The molecule has 1 N–H and O–H groups in total. The summed E-state index contributed by atoms with van der Waals surface area (Å²) in [5.41, 5.74) is 3.28. The van der Waals surface area contributed by atoms with Crippen LogP contribution in [0.4, 0.5) is 11.4 Å². The van der Waals surface area contributed by atoms with Crippen molar-refractivity contribution in [1.82, 2.24) is 0 Å². The lowest BCUT2D eigenvalue weighted by Gasteiger charge is -2.17. The predicted molar refractivity (Wildman–Crippen MR) is 116 cm³/mol. The van der Waals surface area contributed by atoms with Gasteiger partial charge in [0.2, 0.25) is 5.91 Å². The van der Waals surface area contributed by atoms with E-state index in [2.05, 4.69) is 12.2 Å². The summed E-state index contributed by atoms with van der Waals surface area (Å²) in [6.45, 7) is 2.83. The molecule has 2 amide bonds. The third kappa shape index (κ3) is 3.56. The van der Waals surface area contributed by atoms with Crippen molar-refractivity contribution in [3.8, 4) is 5.75 Å². The van der Waals surface area contributed by atoms with E-state index >= 15 is 0 Å². The number of nitrogens with one attached hydrogen (secondary N) is 1. The van der Waals surface area contributed by atoms with Crippen molar-refractivity contribution in [2.75, 3.05) is 23.9 Å². The van der Waals surface area contributed by atoms with Crippen LogP contribution >= 0.6 is 0 Å². The number of carbonyl (C=O) groups is 2. The largest absolute Gasteiger partial charge is 0.497 e. The molecule has 0 unspecified atom stereocenters. The smallest absolute Gasteiger partial charge is 0.258 e. The number of rotatable bonds is 7. The summed E-state index contributed by atoms with van der Waals surface area (Å²) in [5.74, 6) is 0.711. The summed E-state index contributed by atoms with van der Waals surface area (Å²) in [7, 11) is 1.62. The second-order valence-corrected chi connectivity index (χ2v) is 7.24. The minimum atomic E-state index is -0.0944. The lowest BCUT2D eigenvalue weighted by atomic mass is 10.0. The van der Waals surface area contributed by atoms with Crippen LogP contribution in [0.25, 0.3) is 10.8 Å². The number of unbranched alkanes of at least 4 members (excludes halogenated alkanes) is 1. The predicted octanol–water partition coefficient (Wildman–Crippen LogP) is 4.79. The summed E-state index contributed by atoms with van der Waals surface area (Å²) < 4.78 is 5.16. The Morgan fingerprint density at radius 1 is 1.07 bits per heavy atom. The Morgan fingerprint density at radius 2 is 1.86 bits per heavy atom. The van der Waals surface area contributed by atoms with Gasteiger partial charge in [0.1, 0.15) is 5.75 Å². The summed E-state index contributed by atoms with van der Waals surface area (Å²) >= 11 is 0. The highest BCUT2D eigenvalue weighted by Gasteiger charge is 2.30. The molecule has 0 saturated heterocycles. The van der Waals surface area contributed by atoms with Crippen LogP contribution in [0.2, 0.25) is 0 Å². The molecule has 148 valence electrons. The van der Waals surface area contributed by atoms with Crippen molar-refractivity contribution in [3.63, 3.8) is 0 Å². The number of ether oxygens (including phenoxy) is 1. The summed E-state index contributed by atoms with van der Waals surface area (Å²) in [6, 6.07) is 17.0. The number of hydrogen-bond donors (Lipinski definition) is 1. The lowest BCUT2D eigenvalue weighted by Crippen LogP contribution is -2.27. The molecule has 0 radical (unpaired) electrons. The first kappa shape index (κ1) is 19.0. The monoisotopic (exact) mass is 388 g/mol. The molecule has 3 aromatic carbocycles. The molecule has 1 aliphatic rings. The molecule has 1 heterocycles. The third-order valence-corrected chi connectivity index (χ3v) is 5.32. The normalized spacial score (nSPS) is 12.5. The first-order valence-corrected chi connectivity index (χ1v) is 9.92. The molecule has 0 saturated carbocycles. The molecule has 1 aliphatic heterocycles. The Hall–Kier alpha value is -3.34. The number of nitrogens with zero attached hydrogens (tertiary/aromatic N) is 1. The Kier molecular flexibility index (Phi) is 5.21. The van der Waals surface area contributed by atoms with Gasteiger partial charge in [-0.25, -0.2) is 0 Å². The van der Waals surface area contributed by atoms with Crippen molar-refractivity contribution in [1.29, 1.82) is 0 Å². The lowest BCUT2D eigenvalue weighted by molar-refractivity contribution is -0.115. The zero-order valence-corrected chi connectivity index (χ0v) is 16.7. The van der Waals surface area contributed by atoms with Gasteiger partial charge >= 0.3 is 0 Å². The fourth-order valence-corrected chi connectivity index (χ4v) is 3.82. The van der Waals surface area contributed by atoms with E-state index < -0.39 is 0 Å². The van der Waals surface area contributed by atoms with E-state index in [1.807, 2.05) is 59.5 Å². The Morgan fingerprint density at radius 3 is 2.59 bits per heavy atom. The highest BCUT2D eigenvalue weighted by molar-refractivity contribution is 6.27. The highest BCUT2D eigenvalue weighted by atomic mass is 16.5. The van der Waals surface area contributed by atoms with Crippen LogP contribution in [0.5, 0.6) is 5.75 Å². The number of amides is 2. The summed E-state index contributed by atoms with van der Waals surface area (Å²) in [4.78, 5) is 27.3. The number of hydrogen-bond acceptors (Lipinski definition) is 3. The van der Waals surface area contributed by atoms with Gasteiger partial charge in [0.05, 0.1) is 19.2 Å². The topological polar surface area (TPSA) is 58.6 Å². The van der Waals surface area contributed by atoms with Crippen molar-refractivity contribution >= 4 is 34.0 Å². The van der Waals surface area contributed by atoms with Crippen molar-refractivity contribution < 1.29 is 14.3 Å². The van der Waals surface area contributed by atoms with E-state index in [9.17, 15) is 9.59 Å². The van der Waals surface area contributed by atoms with Gasteiger partial charge in [-0.2, -0.15) is 0 Å². The maximum absolute atomic E-state index is 12.8. The number of carbonyl (C=O) groups excluding carboxylic acids is 2. The average molecular weight is 388 g/mol. The first-order chi connectivity index (χ1) is 14.1. The van der Waals surface area contributed by atoms with Gasteiger partial charge in [-0.3, -0.25) is 9.59 Å². The Labute approximate surface area is 170 Å². The minimum Gasteiger partial charge on any atom is -0.497 e. The van der Waals surface area contributed by atoms with E-state index in [1.54, 1.807) is 7.11 Å². The molecule has 4 rings (SSSR count). The van der Waals surface area contributed by atoms with Gasteiger partial charge in [0, 0.05) is 28.6 Å². The maximum atomic E-state index is 12.8. The van der Waals surface area contributed by atoms with E-state index in [1.165, 1.54) is 0 Å². The van der Waals surface area contributed by atoms with Gasteiger partial charge in [-0.05, 0) is 42.3 Å². The molecule has 3 aromatic rings. The maximum Gasteiger partial charge on any atom is 0.258 e. The molecule has 0 bridgehead atoms. The molecular weight excluding hydrogens is 364 g/mol. The molecular formula is C24H24N2O3. The van der Waals surface area contributed by atoms with E-state index in [-0.39, 0.29) is 18.2 Å². The molecule has 0 fully saturated rings. The van der Waals surface area contributed by atoms with Crippen LogP contribution in [0.1, 0.15) is 35.7 Å². The van der Waals surface area contributed by atoms with Gasteiger partial charge in [-0.15, -0.1) is 0 Å². The van der Waals surface area contributed by atoms with Crippen LogP contribution < -0.4 is 15.0 Å². The van der Waals surface area contributed by atoms with E-state index in [0.29, 0.717) is 12.1 Å². The average Bonchev–Trinajstić information content (AvgIpc) is 3.01. The Bertz CT molecular complexity index is 1070. The molecule has 5 heteroatoms. The highest BCUT2D eigenvalue weighted by Crippen LogP contribution is 2.40. The third-order valence-electron chi connectivity index (χ3n) is 5.32. The van der Waals surface area contributed by atoms with Crippen LogP contribution in [-0.4, -0.2) is 25.5 Å². The first-order valence-electron chi connectivity index (χ1n) is 9.92. The minimum absolute atomic E-state index is 0.0424. The summed E-state index contributed by atoms with van der Waals surface area (Å²) in [5, 5.41) is 4.84. The van der Waals surface area contributed by atoms with E-state index in [4.69, 9.17) is 4.74 Å². The molecule has 5 nitrogen and oxygen atoms in total. The SMILES string of the molecule is CCCCN1C(=O)c2cccc3c(NC(=O)Cc4ccc(OC)cc4)ccc1c23. The van der Waals surface area contributed by atoms with Gasteiger partial charge in [0.25, 0.3) is 5.91 Å². The van der Waals surface area contributed by atoms with Gasteiger partial charge in [-0.1, -0.05) is 37.6 Å². The second-order valence-electron chi connectivity index (χ2n) is 7.24. The van der Waals surface area contributed by atoms with Crippen LogP contribution in [0.3, 0.4) is 0 Å². The summed E-state index contributed by atoms with van der Waals surface area (Å²) in [6.07, 6.45) is 2.26. The quantitative estimate of drug-likeness (QED) is 0.633. The Balaban J connectivity index is 1.60. The molecule has 0 aromatic heterocycles. The fraction of sp³-hybridized carbons (Fsp3) is 0.250. The van der Waals surface area contributed by atoms with Crippen molar-refractivity contribution in [2.45, 2.75) is 26.2 Å². The molecule has 0 spiro atoms. The van der Waals surface area contributed by atoms with Crippen LogP contribution in [0.15, 0.2) is 54.6 Å². The number of methoxy groups -OCH3 is 1. The van der Waals surface area contributed by atoms with Crippen molar-refractivity contribution in [3.05, 3.63) is 65.7 Å². The standard InChI is InChI=1S/C24H24N2O3/c1-3-4-14-26-21-13-12-20(18-6-5-7-19(23(18)21)24(26)28)25-22(27)15-16-8-10-17(29-2)11-9-16/h5-13H,3-4,14-15H2,1-2H3,(H,25,27). The van der Waals surface area contributed by atoms with Crippen molar-refractivity contribution in [2.24, 2.45) is 0 Å². The number of anilines is 2. The van der Waals surface area contributed by atoms with Crippen LogP contribution in [-0.2, 0) is 11.2 Å². The van der Waals surface area contributed by atoms with Gasteiger partial charge in [0.15, 0.2) is 0 Å². The zero-order chi connectivity index (χ0) is 20.4. The fourth-order valence-electron chi connectivity index (χ4n) is 3.82. The van der Waals surface area contributed by atoms with Gasteiger partial charge < -0.3 is 15.0 Å². The molecule has 0 atom stereocenters. The molecule has 0 aliphatic carbocycles. The zero-order valence-electron chi connectivity index (χ0n) is 16.7.